The lowest BCUT2D eigenvalue weighted by Crippen LogP contribution is -2.55. The van der Waals surface area contributed by atoms with Crippen LogP contribution in [-0.4, -0.2) is 36.6 Å². The number of piperazine rings is 1. The van der Waals surface area contributed by atoms with Gasteiger partial charge in [0.2, 0.25) is 0 Å². The van der Waals surface area contributed by atoms with Crippen LogP contribution in [0, 0.1) is 0 Å². The fourth-order valence-corrected chi connectivity index (χ4v) is 3.86. The first-order chi connectivity index (χ1) is 7.93. The van der Waals surface area contributed by atoms with Gasteiger partial charge in [0.05, 0.1) is 0 Å². The van der Waals surface area contributed by atoms with Crippen molar-refractivity contribution in [1.29, 1.82) is 0 Å². The Balaban J connectivity index is 1.57. The second-order valence-corrected chi connectivity index (χ2v) is 5.96. The standard InChI is InChI=1S/C13H20N2S/c1-4-12-13(5-1)15(9-7-14-12)8-6-11-3-2-10-16-11/h2-3,10,12-14H,1,4-9H2/t12-,13+/m0/s1. The van der Waals surface area contributed by atoms with Gasteiger partial charge in [0.25, 0.3) is 0 Å². The van der Waals surface area contributed by atoms with Crippen molar-refractivity contribution in [3.8, 4) is 0 Å². The minimum Gasteiger partial charge on any atom is -0.311 e. The van der Waals surface area contributed by atoms with Crippen molar-refractivity contribution in [1.82, 2.24) is 10.2 Å². The fraction of sp³-hybridized carbons (Fsp3) is 0.692. The Morgan fingerprint density at radius 2 is 2.44 bits per heavy atom. The van der Waals surface area contributed by atoms with Gasteiger partial charge < -0.3 is 5.32 Å². The summed E-state index contributed by atoms with van der Waals surface area (Å²) < 4.78 is 0. The average molecular weight is 236 g/mol. The molecule has 0 radical (unpaired) electrons. The Morgan fingerprint density at radius 1 is 1.44 bits per heavy atom. The van der Waals surface area contributed by atoms with Gasteiger partial charge in [0, 0.05) is 36.6 Å². The molecule has 1 saturated heterocycles. The molecular formula is C13H20N2S. The molecule has 2 fully saturated rings. The highest BCUT2D eigenvalue weighted by Gasteiger charge is 2.34. The topological polar surface area (TPSA) is 15.3 Å². The maximum atomic E-state index is 3.67. The van der Waals surface area contributed by atoms with Crippen LogP contribution in [0.1, 0.15) is 24.1 Å². The summed E-state index contributed by atoms with van der Waals surface area (Å²) in [6.45, 7) is 3.68. The van der Waals surface area contributed by atoms with Crippen LogP contribution in [0.5, 0.6) is 0 Å². The highest BCUT2D eigenvalue weighted by molar-refractivity contribution is 7.09. The Morgan fingerprint density at radius 3 is 3.31 bits per heavy atom. The van der Waals surface area contributed by atoms with Crippen molar-refractivity contribution in [2.24, 2.45) is 0 Å². The molecule has 88 valence electrons. The van der Waals surface area contributed by atoms with Gasteiger partial charge in [-0.25, -0.2) is 0 Å². The van der Waals surface area contributed by atoms with Crippen LogP contribution in [-0.2, 0) is 6.42 Å². The van der Waals surface area contributed by atoms with Gasteiger partial charge in [-0.15, -0.1) is 11.3 Å². The average Bonchev–Trinajstić information content (AvgIpc) is 2.97. The summed E-state index contributed by atoms with van der Waals surface area (Å²) in [5.74, 6) is 0. The minimum absolute atomic E-state index is 0.789. The van der Waals surface area contributed by atoms with Crippen molar-refractivity contribution < 1.29 is 0 Å². The van der Waals surface area contributed by atoms with Crippen LogP contribution >= 0.6 is 11.3 Å². The Labute approximate surface area is 102 Å². The van der Waals surface area contributed by atoms with Crippen molar-refractivity contribution in [3.05, 3.63) is 22.4 Å². The molecule has 2 heterocycles. The molecule has 1 aliphatic carbocycles. The molecular weight excluding hydrogens is 216 g/mol. The van der Waals surface area contributed by atoms with E-state index in [0.717, 1.165) is 12.1 Å². The normalized spacial score (nSPS) is 30.5. The van der Waals surface area contributed by atoms with Crippen LogP contribution in [0.15, 0.2) is 17.5 Å². The third-order valence-corrected chi connectivity index (χ3v) is 4.92. The van der Waals surface area contributed by atoms with Crippen LogP contribution in [0.2, 0.25) is 0 Å². The molecule has 0 bridgehead atoms. The number of thiophene rings is 1. The van der Waals surface area contributed by atoms with E-state index in [1.165, 1.54) is 50.2 Å². The lowest BCUT2D eigenvalue weighted by molar-refractivity contribution is 0.139. The monoisotopic (exact) mass is 236 g/mol. The summed E-state index contributed by atoms with van der Waals surface area (Å²) in [5, 5.41) is 5.85. The largest absolute Gasteiger partial charge is 0.311 e. The van der Waals surface area contributed by atoms with Crippen molar-refractivity contribution in [2.75, 3.05) is 19.6 Å². The Hall–Kier alpha value is -0.380. The summed E-state index contributed by atoms with van der Waals surface area (Å²) >= 11 is 1.89. The summed E-state index contributed by atoms with van der Waals surface area (Å²) in [4.78, 5) is 4.25. The molecule has 1 aromatic rings. The predicted octanol–water partition coefficient (Wildman–Crippen LogP) is 2.12. The molecule has 0 aromatic carbocycles. The molecule has 3 heteroatoms. The molecule has 16 heavy (non-hydrogen) atoms. The van der Waals surface area contributed by atoms with E-state index in [0.29, 0.717) is 0 Å². The van der Waals surface area contributed by atoms with Gasteiger partial charge >= 0.3 is 0 Å². The van der Waals surface area contributed by atoms with E-state index in [1.807, 2.05) is 11.3 Å². The van der Waals surface area contributed by atoms with Gasteiger partial charge in [-0.3, -0.25) is 4.90 Å². The molecule has 1 N–H and O–H groups in total. The van der Waals surface area contributed by atoms with Gasteiger partial charge in [-0.05, 0) is 30.7 Å². The maximum Gasteiger partial charge on any atom is 0.0250 e. The third kappa shape index (κ3) is 2.17. The number of nitrogens with zero attached hydrogens (tertiary/aromatic N) is 1. The minimum atomic E-state index is 0.789. The smallest absolute Gasteiger partial charge is 0.0250 e. The highest BCUT2D eigenvalue weighted by Crippen LogP contribution is 2.26. The van der Waals surface area contributed by atoms with E-state index >= 15 is 0 Å². The molecule has 3 rings (SSSR count). The summed E-state index contributed by atoms with van der Waals surface area (Å²) in [5.41, 5.74) is 0. The van der Waals surface area contributed by atoms with E-state index in [-0.39, 0.29) is 0 Å². The zero-order chi connectivity index (χ0) is 10.8. The number of hydrogen-bond acceptors (Lipinski definition) is 3. The zero-order valence-corrected chi connectivity index (χ0v) is 10.5. The number of rotatable bonds is 3. The summed E-state index contributed by atoms with van der Waals surface area (Å²) in [6.07, 6.45) is 5.45. The maximum absolute atomic E-state index is 3.67. The van der Waals surface area contributed by atoms with E-state index in [4.69, 9.17) is 0 Å². The van der Waals surface area contributed by atoms with E-state index < -0.39 is 0 Å². The lowest BCUT2D eigenvalue weighted by Gasteiger charge is -2.38. The van der Waals surface area contributed by atoms with Crippen LogP contribution < -0.4 is 5.32 Å². The molecule has 1 aliphatic heterocycles. The summed E-state index contributed by atoms with van der Waals surface area (Å²) in [6, 6.07) is 6.04. The first kappa shape index (κ1) is 10.8. The van der Waals surface area contributed by atoms with Gasteiger partial charge in [-0.1, -0.05) is 12.5 Å². The van der Waals surface area contributed by atoms with Gasteiger partial charge in [0.1, 0.15) is 0 Å². The van der Waals surface area contributed by atoms with Crippen LogP contribution in [0.25, 0.3) is 0 Å². The van der Waals surface area contributed by atoms with E-state index in [2.05, 4.69) is 27.7 Å². The highest BCUT2D eigenvalue weighted by atomic mass is 32.1. The molecule has 2 nitrogen and oxygen atoms in total. The van der Waals surface area contributed by atoms with E-state index in [1.54, 1.807) is 0 Å². The number of nitrogens with one attached hydrogen (secondary N) is 1. The van der Waals surface area contributed by atoms with Crippen molar-refractivity contribution in [2.45, 2.75) is 37.8 Å². The third-order valence-electron chi connectivity index (χ3n) is 3.98. The predicted molar refractivity (Wildman–Crippen MR) is 69.0 cm³/mol. The fourth-order valence-electron chi connectivity index (χ4n) is 3.16. The molecule has 2 aliphatic rings. The number of fused-ring (bicyclic) bond motifs is 1. The van der Waals surface area contributed by atoms with Crippen LogP contribution in [0.4, 0.5) is 0 Å². The molecule has 0 spiro atoms. The Bertz CT molecular complexity index is 323. The molecule has 1 saturated carbocycles. The van der Waals surface area contributed by atoms with Crippen LogP contribution in [0.3, 0.4) is 0 Å². The lowest BCUT2D eigenvalue weighted by atomic mass is 10.1. The number of hydrogen-bond donors (Lipinski definition) is 1. The Kier molecular flexibility index (Phi) is 3.27. The van der Waals surface area contributed by atoms with Crippen molar-refractivity contribution >= 4 is 11.3 Å². The second-order valence-electron chi connectivity index (χ2n) is 4.92. The van der Waals surface area contributed by atoms with E-state index in [9.17, 15) is 0 Å². The first-order valence-electron chi connectivity index (χ1n) is 6.43. The van der Waals surface area contributed by atoms with Gasteiger partial charge in [0.15, 0.2) is 0 Å². The molecule has 2 atom stereocenters. The zero-order valence-electron chi connectivity index (χ0n) is 9.69. The summed E-state index contributed by atoms with van der Waals surface area (Å²) in [7, 11) is 0. The quantitative estimate of drug-likeness (QED) is 0.865. The molecule has 1 aromatic heterocycles. The van der Waals surface area contributed by atoms with Crippen molar-refractivity contribution in [3.63, 3.8) is 0 Å². The van der Waals surface area contributed by atoms with Gasteiger partial charge in [-0.2, -0.15) is 0 Å². The SMILES string of the molecule is c1csc(CCN2CCN[C@H]3CCC[C@H]32)c1. The molecule has 0 amide bonds. The first-order valence-corrected chi connectivity index (χ1v) is 7.31. The molecule has 0 unspecified atom stereocenters. The second kappa shape index (κ2) is 4.86.